The van der Waals surface area contributed by atoms with E-state index in [2.05, 4.69) is 0 Å². The van der Waals surface area contributed by atoms with Gasteiger partial charge in [0.05, 0.1) is 0 Å². The van der Waals surface area contributed by atoms with Crippen molar-refractivity contribution in [2.75, 3.05) is 18.0 Å². The van der Waals surface area contributed by atoms with Gasteiger partial charge in [-0.05, 0) is 24.6 Å². The molecule has 0 aromatic heterocycles. The Hall–Kier alpha value is -1.79. The van der Waals surface area contributed by atoms with E-state index in [-0.39, 0.29) is 17.8 Å². The van der Waals surface area contributed by atoms with Gasteiger partial charge < -0.3 is 10.6 Å². The molecule has 0 aliphatic heterocycles. The monoisotopic (exact) mass is 277 g/mol. The first-order valence-electron chi connectivity index (χ1n) is 5.70. The second-order valence-electron chi connectivity index (χ2n) is 4.11. The number of benzene rings is 1. The largest absolute Gasteiger partial charge is 0.405 e. The van der Waals surface area contributed by atoms with Crippen LogP contribution in [0, 0.1) is 11.2 Å². The van der Waals surface area contributed by atoms with Crippen LogP contribution in [0.25, 0.3) is 0 Å². The second kappa shape index (κ2) is 5.90. The molecule has 0 fully saturated rings. The third-order valence-electron chi connectivity index (χ3n) is 2.45. The molecule has 0 unspecified atom stereocenters. The highest BCUT2D eigenvalue weighted by molar-refractivity contribution is 6.00. The maximum atomic E-state index is 13.1. The van der Waals surface area contributed by atoms with Crippen LogP contribution >= 0.6 is 0 Å². The Kier molecular flexibility index (Phi) is 4.74. The minimum absolute atomic E-state index is 0.0299. The van der Waals surface area contributed by atoms with Crippen LogP contribution in [0.15, 0.2) is 18.2 Å². The highest BCUT2D eigenvalue weighted by atomic mass is 19.4. The summed E-state index contributed by atoms with van der Waals surface area (Å²) in [4.78, 5) is 1.05. The lowest BCUT2D eigenvalue weighted by molar-refractivity contribution is -0.119. The van der Waals surface area contributed by atoms with Crippen LogP contribution in [0.1, 0.15) is 18.9 Å². The van der Waals surface area contributed by atoms with Crippen molar-refractivity contribution in [1.29, 1.82) is 5.41 Å². The summed E-state index contributed by atoms with van der Waals surface area (Å²) in [6.45, 7) is 0.721. The predicted octanol–water partition coefficient (Wildman–Crippen LogP) is 2.89. The van der Waals surface area contributed by atoms with Crippen LogP contribution in [0.2, 0.25) is 0 Å². The van der Waals surface area contributed by atoms with Gasteiger partial charge in [-0.2, -0.15) is 13.2 Å². The second-order valence-corrected chi connectivity index (χ2v) is 4.11. The van der Waals surface area contributed by atoms with E-state index < -0.39 is 24.4 Å². The number of anilines is 1. The number of nitrogen functional groups attached to an aromatic ring is 1. The van der Waals surface area contributed by atoms with Crippen molar-refractivity contribution in [1.82, 2.24) is 0 Å². The normalized spacial score (nSPS) is 11.4. The average molecular weight is 277 g/mol. The first-order chi connectivity index (χ1) is 8.74. The van der Waals surface area contributed by atoms with E-state index in [4.69, 9.17) is 11.1 Å². The van der Waals surface area contributed by atoms with Crippen molar-refractivity contribution in [3.8, 4) is 0 Å². The molecule has 0 heterocycles. The van der Waals surface area contributed by atoms with Gasteiger partial charge in [0, 0.05) is 17.8 Å². The molecule has 0 atom stereocenters. The Balaban J connectivity index is 3.18. The molecule has 1 aromatic rings. The van der Waals surface area contributed by atoms with Crippen molar-refractivity contribution in [3.05, 3.63) is 29.6 Å². The molecule has 19 heavy (non-hydrogen) atoms. The van der Waals surface area contributed by atoms with Crippen LogP contribution < -0.4 is 10.6 Å². The lowest BCUT2D eigenvalue weighted by atomic mass is 10.1. The molecule has 0 bridgehead atoms. The fourth-order valence-corrected chi connectivity index (χ4v) is 1.77. The van der Waals surface area contributed by atoms with Crippen molar-refractivity contribution < 1.29 is 17.6 Å². The third kappa shape index (κ3) is 4.42. The summed E-state index contributed by atoms with van der Waals surface area (Å²) >= 11 is 0. The SMILES string of the molecule is CCCN(CC(F)(F)F)c1ccc(F)cc1C(=N)N. The van der Waals surface area contributed by atoms with E-state index >= 15 is 0 Å². The number of alkyl halides is 3. The van der Waals surface area contributed by atoms with Gasteiger partial charge in [-0.3, -0.25) is 5.41 Å². The zero-order valence-corrected chi connectivity index (χ0v) is 10.4. The number of halogens is 4. The fraction of sp³-hybridized carbons (Fsp3) is 0.417. The zero-order valence-electron chi connectivity index (χ0n) is 10.4. The third-order valence-corrected chi connectivity index (χ3v) is 2.45. The Bertz CT molecular complexity index is 457. The van der Waals surface area contributed by atoms with Gasteiger partial charge in [0.25, 0.3) is 0 Å². The molecule has 0 spiro atoms. The molecule has 0 saturated carbocycles. The Labute approximate surface area is 108 Å². The standard InChI is InChI=1S/C12H15F4N3/c1-2-5-19(7-12(14,15)16)10-4-3-8(13)6-9(10)11(17)18/h3-4,6H,2,5,7H2,1H3,(H3,17,18). The maximum Gasteiger partial charge on any atom is 0.405 e. The van der Waals surface area contributed by atoms with E-state index in [0.29, 0.717) is 6.42 Å². The number of nitrogens with two attached hydrogens (primary N) is 1. The molecule has 0 aliphatic rings. The molecule has 0 radical (unpaired) electrons. The highest BCUT2D eigenvalue weighted by Gasteiger charge is 2.31. The average Bonchev–Trinajstić information content (AvgIpc) is 2.26. The first kappa shape index (κ1) is 15.3. The van der Waals surface area contributed by atoms with Gasteiger partial charge in [0.1, 0.15) is 18.2 Å². The molecule has 0 saturated heterocycles. The summed E-state index contributed by atoms with van der Waals surface area (Å²) in [6, 6.07) is 3.24. The quantitative estimate of drug-likeness (QED) is 0.494. The molecule has 106 valence electrons. The predicted molar refractivity (Wildman–Crippen MR) is 66.0 cm³/mol. The zero-order chi connectivity index (χ0) is 14.6. The number of hydrogen-bond acceptors (Lipinski definition) is 2. The van der Waals surface area contributed by atoms with Crippen LogP contribution in [0.4, 0.5) is 23.2 Å². The lowest BCUT2D eigenvalue weighted by Gasteiger charge is -2.27. The van der Waals surface area contributed by atoms with Crippen LogP contribution in [-0.2, 0) is 0 Å². The number of hydrogen-bond donors (Lipinski definition) is 2. The molecule has 1 aromatic carbocycles. The van der Waals surface area contributed by atoms with E-state index in [1.807, 2.05) is 0 Å². The van der Waals surface area contributed by atoms with Crippen molar-refractivity contribution in [2.24, 2.45) is 5.73 Å². The topological polar surface area (TPSA) is 53.1 Å². The Morgan fingerprint density at radius 3 is 2.47 bits per heavy atom. The molecule has 7 heteroatoms. The summed E-state index contributed by atoms with van der Waals surface area (Å²) in [6.07, 6.45) is -3.89. The number of amidine groups is 1. The molecular weight excluding hydrogens is 262 g/mol. The summed E-state index contributed by atoms with van der Waals surface area (Å²) in [7, 11) is 0. The Morgan fingerprint density at radius 1 is 1.37 bits per heavy atom. The molecule has 1 rings (SSSR count). The van der Waals surface area contributed by atoms with E-state index in [1.165, 1.54) is 6.07 Å². The van der Waals surface area contributed by atoms with Crippen LogP contribution in [-0.4, -0.2) is 25.1 Å². The van der Waals surface area contributed by atoms with Crippen LogP contribution in [0.5, 0.6) is 0 Å². The fourth-order valence-electron chi connectivity index (χ4n) is 1.77. The van der Waals surface area contributed by atoms with E-state index in [9.17, 15) is 17.6 Å². The van der Waals surface area contributed by atoms with Gasteiger partial charge in [0.15, 0.2) is 0 Å². The number of rotatable bonds is 5. The molecular formula is C12H15F4N3. The number of nitrogens with one attached hydrogen (secondary N) is 1. The molecule has 0 aliphatic carbocycles. The summed E-state index contributed by atoms with van der Waals surface area (Å²) in [5.74, 6) is -1.10. The minimum atomic E-state index is -4.38. The Morgan fingerprint density at radius 2 is 2.00 bits per heavy atom. The summed E-state index contributed by atoms with van der Waals surface area (Å²) in [5, 5.41) is 7.33. The number of nitrogens with zero attached hydrogens (tertiary/aromatic N) is 1. The molecule has 3 N–H and O–H groups in total. The lowest BCUT2D eigenvalue weighted by Crippen LogP contribution is -2.36. The van der Waals surface area contributed by atoms with Gasteiger partial charge >= 0.3 is 6.18 Å². The van der Waals surface area contributed by atoms with Gasteiger partial charge in [0.2, 0.25) is 0 Å². The highest BCUT2D eigenvalue weighted by Crippen LogP contribution is 2.26. The van der Waals surface area contributed by atoms with E-state index in [1.54, 1.807) is 6.92 Å². The molecule has 3 nitrogen and oxygen atoms in total. The van der Waals surface area contributed by atoms with Gasteiger partial charge in [-0.25, -0.2) is 4.39 Å². The van der Waals surface area contributed by atoms with E-state index in [0.717, 1.165) is 17.0 Å². The van der Waals surface area contributed by atoms with Gasteiger partial charge in [-0.1, -0.05) is 6.92 Å². The van der Waals surface area contributed by atoms with Crippen molar-refractivity contribution >= 4 is 11.5 Å². The smallest absolute Gasteiger partial charge is 0.384 e. The maximum absolute atomic E-state index is 13.1. The van der Waals surface area contributed by atoms with Gasteiger partial charge in [-0.15, -0.1) is 0 Å². The summed E-state index contributed by atoms with van der Waals surface area (Å²) < 4.78 is 50.7. The summed E-state index contributed by atoms with van der Waals surface area (Å²) in [5.41, 5.74) is 5.38. The van der Waals surface area contributed by atoms with Crippen LogP contribution in [0.3, 0.4) is 0 Å². The van der Waals surface area contributed by atoms with Crippen molar-refractivity contribution in [3.63, 3.8) is 0 Å². The molecule has 0 amide bonds. The van der Waals surface area contributed by atoms with Crippen molar-refractivity contribution in [2.45, 2.75) is 19.5 Å². The first-order valence-corrected chi connectivity index (χ1v) is 5.70. The minimum Gasteiger partial charge on any atom is -0.384 e.